The molecule has 0 bridgehead atoms. The average Bonchev–Trinajstić information content (AvgIpc) is 2.98. The molecule has 1 unspecified atom stereocenters. The zero-order chi connectivity index (χ0) is 15.5. The number of sulfonamides is 1. The van der Waals surface area contributed by atoms with Crippen LogP contribution in [-0.2, 0) is 16.6 Å². The molecule has 6 nitrogen and oxygen atoms in total. The zero-order valence-electron chi connectivity index (χ0n) is 11.5. The molecule has 0 fully saturated rings. The Morgan fingerprint density at radius 1 is 1.48 bits per heavy atom. The van der Waals surface area contributed by atoms with Crippen molar-refractivity contribution in [2.75, 3.05) is 0 Å². The lowest BCUT2D eigenvalue weighted by atomic mass is 10.2. The molecule has 0 aliphatic heterocycles. The van der Waals surface area contributed by atoms with Crippen molar-refractivity contribution in [3.63, 3.8) is 0 Å². The van der Waals surface area contributed by atoms with Crippen LogP contribution >= 0.6 is 15.9 Å². The highest BCUT2D eigenvalue weighted by Gasteiger charge is 2.23. The molecule has 1 aromatic carbocycles. The standard InChI is InChI=1S/C13H17BrN4O2S/c1-2-11(13-16-5-6-17-13)18-21(19,20)12-4-3-9(8-15)7-10(12)14/h3-7,11,18H,2,8,15H2,1H3,(H,16,17). The minimum Gasteiger partial charge on any atom is -0.347 e. The third-order valence-corrected chi connectivity index (χ3v) is 5.52. The van der Waals surface area contributed by atoms with E-state index in [-0.39, 0.29) is 4.90 Å². The van der Waals surface area contributed by atoms with Crippen LogP contribution in [-0.4, -0.2) is 18.4 Å². The molecule has 2 aromatic rings. The molecule has 0 saturated heterocycles. The van der Waals surface area contributed by atoms with Gasteiger partial charge in [0.25, 0.3) is 0 Å². The predicted octanol–water partition coefficient (Wildman–Crippen LogP) is 2.06. The normalized spacial score (nSPS) is 13.3. The number of hydrogen-bond acceptors (Lipinski definition) is 4. The third kappa shape index (κ3) is 3.70. The lowest BCUT2D eigenvalue weighted by Crippen LogP contribution is -2.29. The number of benzene rings is 1. The van der Waals surface area contributed by atoms with Crippen LogP contribution in [0.4, 0.5) is 0 Å². The molecule has 1 aromatic heterocycles. The highest BCUT2D eigenvalue weighted by molar-refractivity contribution is 9.10. The van der Waals surface area contributed by atoms with E-state index >= 15 is 0 Å². The smallest absolute Gasteiger partial charge is 0.242 e. The van der Waals surface area contributed by atoms with Gasteiger partial charge in [0.15, 0.2) is 0 Å². The van der Waals surface area contributed by atoms with Gasteiger partial charge in [0.1, 0.15) is 5.82 Å². The molecule has 0 spiro atoms. The number of rotatable bonds is 6. The summed E-state index contributed by atoms with van der Waals surface area (Å²) in [6.45, 7) is 2.25. The maximum absolute atomic E-state index is 12.5. The number of imidazole rings is 1. The summed E-state index contributed by atoms with van der Waals surface area (Å²) < 4.78 is 28.2. The van der Waals surface area contributed by atoms with Gasteiger partial charge < -0.3 is 10.7 Å². The summed E-state index contributed by atoms with van der Waals surface area (Å²) in [5.41, 5.74) is 6.41. The summed E-state index contributed by atoms with van der Waals surface area (Å²) in [6, 6.07) is 4.56. The molecule has 114 valence electrons. The molecule has 8 heteroatoms. The third-order valence-electron chi connectivity index (χ3n) is 3.08. The van der Waals surface area contributed by atoms with Crippen molar-refractivity contribution in [3.05, 3.63) is 46.5 Å². The van der Waals surface area contributed by atoms with Gasteiger partial charge in [0, 0.05) is 23.4 Å². The number of aromatic amines is 1. The Hall–Kier alpha value is -1.22. The van der Waals surface area contributed by atoms with Gasteiger partial charge in [0.2, 0.25) is 10.0 Å². The minimum absolute atomic E-state index is 0.185. The second-order valence-corrected chi connectivity index (χ2v) is 7.06. The Morgan fingerprint density at radius 2 is 2.24 bits per heavy atom. The van der Waals surface area contributed by atoms with E-state index in [1.54, 1.807) is 30.6 Å². The van der Waals surface area contributed by atoms with Crippen LogP contribution in [0.3, 0.4) is 0 Å². The average molecular weight is 373 g/mol. The molecule has 0 saturated carbocycles. The van der Waals surface area contributed by atoms with E-state index in [4.69, 9.17) is 5.73 Å². The van der Waals surface area contributed by atoms with E-state index in [0.717, 1.165) is 5.56 Å². The monoisotopic (exact) mass is 372 g/mol. The van der Waals surface area contributed by atoms with Gasteiger partial charge in [0.05, 0.1) is 10.9 Å². The quantitative estimate of drug-likeness (QED) is 0.722. The van der Waals surface area contributed by atoms with Crippen molar-refractivity contribution in [1.29, 1.82) is 0 Å². The van der Waals surface area contributed by atoms with Crippen LogP contribution in [0, 0.1) is 0 Å². The fraction of sp³-hybridized carbons (Fsp3) is 0.308. The van der Waals surface area contributed by atoms with Gasteiger partial charge in [-0.2, -0.15) is 0 Å². The Labute approximate surface area is 132 Å². The predicted molar refractivity (Wildman–Crippen MR) is 84.0 cm³/mol. The summed E-state index contributed by atoms with van der Waals surface area (Å²) in [5.74, 6) is 0.593. The number of H-pyrrole nitrogens is 1. The molecule has 0 aliphatic rings. The van der Waals surface area contributed by atoms with Crippen LogP contribution in [0.25, 0.3) is 0 Å². The molecule has 1 heterocycles. The molecular formula is C13H17BrN4O2S. The van der Waals surface area contributed by atoms with E-state index in [1.165, 1.54) is 0 Å². The molecule has 21 heavy (non-hydrogen) atoms. The minimum atomic E-state index is -3.65. The number of halogens is 1. The summed E-state index contributed by atoms with van der Waals surface area (Å²) in [7, 11) is -3.65. The highest BCUT2D eigenvalue weighted by Crippen LogP contribution is 2.25. The molecule has 0 radical (unpaired) electrons. The fourth-order valence-corrected chi connectivity index (χ4v) is 4.35. The van der Waals surface area contributed by atoms with Gasteiger partial charge in [-0.25, -0.2) is 18.1 Å². The largest absolute Gasteiger partial charge is 0.347 e. The number of nitrogens with two attached hydrogens (primary N) is 1. The van der Waals surface area contributed by atoms with Crippen molar-refractivity contribution < 1.29 is 8.42 Å². The zero-order valence-corrected chi connectivity index (χ0v) is 13.9. The topological polar surface area (TPSA) is 101 Å². The van der Waals surface area contributed by atoms with E-state index in [1.807, 2.05) is 6.92 Å². The molecule has 0 aliphatic carbocycles. The molecule has 1 atom stereocenters. The van der Waals surface area contributed by atoms with Gasteiger partial charge >= 0.3 is 0 Å². The SMILES string of the molecule is CCC(NS(=O)(=O)c1ccc(CN)cc1Br)c1ncc[nH]1. The van der Waals surface area contributed by atoms with E-state index in [9.17, 15) is 8.42 Å². The first kappa shape index (κ1) is 16.2. The summed E-state index contributed by atoms with van der Waals surface area (Å²) in [4.78, 5) is 7.22. The Kier molecular flexibility index (Phi) is 5.15. The van der Waals surface area contributed by atoms with Crippen molar-refractivity contribution in [1.82, 2.24) is 14.7 Å². The first-order chi connectivity index (χ1) is 9.97. The second-order valence-electron chi connectivity index (χ2n) is 4.53. The van der Waals surface area contributed by atoms with E-state index in [0.29, 0.717) is 23.3 Å². The number of aromatic nitrogens is 2. The number of nitrogens with zero attached hydrogens (tertiary/aromatic N) is 1. The van der Waals surface area contributed by atoms with Gasteiger partial charge in [-0.05, 0) is 40.0 Å². The van der Waals surface area contributed by atoms with Crippen LogP contribution < -0.4 is 10.5 Å². The summed E-state index contributed by atoms with van der Waals surface area (Å²) in [6.07, 6.45) is 3.85. The molecule has 0 amide bonds. The van der Waals surface area contributed by atoms with Crippen LogP contribution in [0.5, 0.6) is 0 Å². The molecular weight excluding hydrogens is 356 g/mol. The van der Waals surface area contributed by atoms with Gasteiger partial charge in [-0.3, -0.25) is 0 Å². The number of hydrogen-bond donors (Lipinski definition) is 3. The highest BCUT2D eigenvalue weighted by atomic mass is 79.9. The second kappa shape index (κ2) is 6.69. The van der Waals surface area contributed by atoms with E-state index in [2.05, 4.69) is 30.6 Å². The maximum Gasteiger partial charge on any atom is 0.242 e. The lowest BCUT2D eigenvalue weighted by Gasteiger charge is -2.16. The first-order valence-electron chi connectivity index (χ1n) is 6.48. The summed E-state index contributed by atoms with van der Waals surface area (Å²) in [5, 5.41) is 0. The van der Waals surface area contributed by atoms with Crippen LogP contribution in [0.2, 0.25) is 0 Å². The fourth-order valence-electron chi connectivity index (χ4n) is 1.94. The maximum atomic E-state index is 12.5. The number of nitrogens with one attached hydrogen (secondary N) is 2. The van der Waals surface area contributed by atoms with Gasteiger partial charge in [-0.1, -0.05) is 13.0 Å². The summed E-state index contributed by atoms with van der Waals surface area (Å²) >= 11 is 3.29. The van der Waals surface area contributed by atoms with Crippen molar-refractivity contribution in [3.8, 4) is 0 Å². The van der Waals surface area contributed by atoms with Crippen LogP contribution in [0.1, 0.15) is 30.8 Å². The molecule has 4 N–H and O–H groups in total. The Morgan fingerprint density at radius 3 is 2.76 bits per heavy atom. The van der Waals surface area contributed by atoms with Gasteiger partial charge in [-0.15, -0.1) is 0 Å². The van der Waals surface area contributed by atoms with Crippen molar-refractivity contribution in [2.24, 2.45) is 5.73 Å². The molecule has 2 rings (SSSR count). The lowest BCUT2D eigenvalue weighted by molar-refractivity contribution is 0.539. The van der Waals surface area contributed by atoms with Crippen LogP contribution in [0.15, 0.2) is 40.0 Å². The first-order valence-corrected chi connectivity index (χ1v) is 8.75. The Bertz CT molecular complexity index is 701. The van der Waals surface area contributed by atoms with Crippen molar-refractivity contribution in [2.45, 2.75) is 30.8 Å². The van der Waals surface area contributed by atoms with E-state index < -0.39 is 16.1 Å². The van der Waals surface area contributed by atoms with Crippen molar-refractivity contribution >= 4 is 26.0 Å². The Balaban J connectivity index is 2.29.